The van der Waals surface area contributed by atoms with E-state index in [1.807, 2.05) is 5.38 Å². The normalized spacial score (nSPS) is 10.3. The summed E-state index contributed by atoms with van der Waals surface area (Å²) in [7, 11) is 0. The molecule has 0 radical (unpaired) electrons. The van der Waals surface area contributed by atoms with Crippen molar-refractivity contribution >= 4 is 29.9 Å². The first-order valence-corrected chi connectivity index (χ1v) is 6.23. The summed E-state index contributed by atoms with van der Waals surface area (Å²) >= 11 is 5.54. The van der Waals surface area contributed by atoms with Crippen LogP contribution in [0.25, 0.3) is 0 Å². The first-order chi connectivity index (χ1) is 7.24. The minimum Gasteiger partial charge on any atom is -0.396 e. The fourth-order valence-electron chi connectivity index (χ4n) is 1.15. The lowest BCUT2D eigenvalue weighted by atomic mass is 10.2. The maximum Gasteiger partial charge on any atom is 0.261 e. The van der Waals surface area contributed by atoms with E-state index in [9.17, 15) is 4.79 Å². The zero-order valence-corrected chi connectivity index (χ0v) is 10.1. The van der Waals surface area contributed by atoms with Crippen molar-refractivity contribution in [2.45, 2.75) is 24.2 Å². The molecule has 84 valence electrons. The molecular weight excluding hydrogens is 230 g/mol. The Balaban J connectivity index is 2.19. The Kier molecular flexibility index (Phi) is 5.75. The molecule has 1 aromatic rings. The van der Waals surface area contributed by atoms with E-state index in [1.165, 1.54) is 11.3 Å². The summed E-state index contributed by atoms with van der Waals surface area (Å²) in [5.41, 5.74) is 0. The van der Waals surface area contributed by atoms with Crippen molar-refractivity contribution in [3.63, 3.8) is 0 Å². The molecule has 3 nitrogen and oxygen atoms in total. The van der Waals surface area contributed by atoms with Gasteiger partial charge in [-0.2, -0.15) is 0 Å². The zero-order chi connectivity index (χ0) is 11.1. The van der Waals surface area contributed by atoms with Crippen LogP contribution >= 0.6 is 24.0 Å². The maximum atomic E-state index is 11.5. The summed E-state index contributed by atoms with van der Waals surface area (Å²) in [6.07, 6.45) is 2.65. The number of aliphatic hydroxyl groups excluding tert-OH is 1. The van der Waals surface area contributed by atoms with Crippen molar-refractivity contribution in [1.82, 2.24) is 5.32 Å². The van der Waals surface area contributed by atoms with Crippen LogP contribution in [0.3, 0.4) is 0 Å². The zero-order valence-electron chi connectivity index (χ0n) is 8.40. The van der Waals surface area contributed by atoms with Gasteiger partial charge in [0.15, 0.2) is 0 Å². The van der Waals surface area contributed by atoms with E-state index >= 15 is 0 Å². The fourth-order valence-corrected chi connectivity index (χ4v) is 2.21. The van der Waals surface area contributed by atoms with Gasteiger partial charge in [-0.3, -0.25) is 4.79 Å². The summed E-state index contributed by atoms with van der Waals surface area (Å²) in [5, 5.41) is 13.2. The van der Waals surface area contributed by atoms with Crippen LogP contribution < -0.4 is 5.32 Å². The number of hydrogen-bond donors (Lipinski definition) is 3. The molecule has 0 spiro atoms. The standard InChI is InChI=1S/C10H15NO2S2/c12-5-3-1-2-4-11-10(13)9-6-8(14)7-15-9/h6-7,12,14H,1-5H2,(H,11,13). The van der Waals surface area contributed by atoms with E-state index in [4.69, 9.17) is 5.11 Å². The van der Waals surface area contributed by atoms with Crippen LogP contribution in [0.2, 0.25) is 0 Å². The highest BCUT2D eigenvalue weighted by Gasteiger charge is 2.06. The summed E-state index contributed by atoms with van der Waals surface area (Å²) in [4.78, 5) is 13.0. The van der Waals surface area contributed by atoms with Gasteiger partial charge in [0.05, 0.1) is 4.88 Å². The minimum atomic E-state index is -0.0377. The molecular formula is C10H15NO2S2. The van der Waals surface area contributed by atoms with Crippen LogP contribution in [0.4, 0.5) is 0 Å². The van der Waals surface area contributed by atoms with E-state index in [1.54, 1.807) is 6.07 Å². The maximum absolute atomic E-state index is 11.5. The minimum absolute atomic E-state index is 0.0377. The van der Waals surface area contributed by atoms with Gasteiger partial charge in [-0.1, -0.05) is 0 Å². The third-order valence-corrected chi connectivity index (χ3v) is 3.29. The average Bonchev–Trinajstić information content (AvgIpc) is 2.64. The molecule has 0 saturated carbocycles. The van der Waals surface area contributed by atoms with Gasteiger partial charge in [0, 0.05) is 23.4 Å². The predicted octanol–water partition coefficient (Wildman–Crippen LogP) is 1.93. The van der Waals surface area contributed by atoms with Crippen LogP contribution in [0, 0.1) is 0 Å². The van der Waals surface area contributed by atoms with E-state index in [-0.39, 0.29) is 12.5 Å². The fraction of sp³-hybridized carbons (Fsp3) is 0.500. The van der Waals surface area contributed by atoms with Crippen molar-refractivity contribution < 1.29 is 9.90 Å². The van der Waals surface area contributed by atoms with Gasteiger partial charge in [0.2, 0.25) is 0 Å². The Bertz CT molecular complexity index is 312. The van der Waals surface area contributed by atoms with Crippen LogP contribution in [0.15, 0.2) is 16.3 Å². The topological polar surface area (TPSA) is 49.3 Å². The molecule has 15 heavy (non-hydrogen) atoms. The van der Waals surface area contributed by atoms with E-state index in [0.717, 1.165) is 24.2 Å². The molecule has 1 aromatic heterocycles. The number of carbonyl (C=O) groups is 1. The van der Waals surface area contributed by atoms with Gasteiger partial charge >= 0.3 is 0 Å². The van der Waals surface area contributed by atoms with Crippen LogP contribution in [0.5, 0.6) is 0 Å². The second-order valence-electron chi connectivity index (χ2n) is 3.21. The highest BCUT2D eigenvalue weighted by Crippen LogP contribution is 2.17. The van der Waals surface area contributed by atoms with Crippen LogP contribution in [0.1, 0.15) is 28.9 Å². The van der Waals surface area contributed by atoms with E-state index in [2.05, 4.69) is 17.9 Å². The Morgan fingerprint density at radius 3 is 2.87 bits per heavy atom. The average molecular weight is 245 g/mol. The molecule has 0 bridgehead atoms. The van der Waals surface area contributed by atoms with Gasteiger partial charge in [0.25, 0.3) is 5.91 Å². The van der Waals surface area contributed by atoms with Gasteiger partial charge < -0.3 is 10.4 Å². The summed E-state index contributed by atoms with van der Waals surface area (Å²) in [6.45, 7) is 0.889. The predicted molar refractivity (Wildman–Crippen MR) is 64.8 cm³/mol. The lowest BCUT2D eigenvalue weighted by Crippen LogP contribution is -2.23. The summed E-state index contributed by atoms with van der Waals surface area (Å²) < 4.78 is 0. The SMILES string of the molecule is O=C(NCCCCCO)c1cc(S)cs1. The second-order valence-corrected chi connectivity index (χ2v) is 4.64. The van der Waals surface area contributed by atoms with Gasteiger partial charge in [0.1, 0.15) is 0 Å². The molecule has 0 saturated heterocycles. The molecule has 1 amide bonds. The number of aliphatic hydroxyl groups is 1. The van der Waals surface area contributed by atoms with Crippen molar-refractivity contribution in [3.05, 3.63) is 16.3 Å². The van der Waals surface area contributed by atoms with E-state index < -0.39 is 0 Å². The molecule has 0 atom stereocenters. The van der Waals surface area contributed by atoms with Crippen molar-refractivity contribution in [2.75, 3.05) is 13.2 Å². The molecule has 0 aliphatic carbocycles. The number of thiophene rings is 1. The number of rotatable bonds is 6. The van der Waals surface area contributed by atoms with Crippen LogP contribution in [-0.4, -0.2) is 24.2 Å². The molecule has 0 aromatic carbocycles. The quantitative estimate of drug-likeness (QED) is 0.530. The number of nitrogens with one attached hydrogen (secondary N) is 1. The van der Waals surface area contributed by atoms with Crippen molar-refractivity contribution in [2.24, 2.45) is 0 Å². The second kappa shape index (κ2) is 6.87. The number of hydrogen-bond acceptors (Lipinski definition) is 4. The largest absolute Gasteiger partial charge is 0.396 e. The smallest absolute Gasteiger partial charge is 0.261 e. The summed E-state index contributed by atoms with van der Waals surface area (Å²) in [5.74, 6) is -0.0377. The van der Waals surface area contributed by atoms with Crippen molar-refractivity contribution in [3.8, 4) is 0 Å². The first-order valence-electron chi connectivity index (χ1n) is 4.90. The number of thiol groups is 1. The third-order valence-electron chi connectivity index (χ3n) is 1.93. The molecule has 5 heteroatoms. The van der Waals surface area contributed by atoms with Crippen LogP contribution in [-0.2, 0) is 0 Å². The van der Waals surface area contributed by atoms with E-state index in [0.29, 0.717) is 11.4 Å². The molecule has 2 N–H and O–H groups in total. The van der Waals surface area contributed by atoms with Gasteiger partial charge in [-0.25, -0.2) is 0 Å². The third kappa shape index (κ3) is 4.68. The Hall–Kier alpha value is -0.520. The summed E-state index contributed by atoms with van der Waals surface area (Å²) in [6, 6.07) is 1.76. The molecule has 0 aliphatic heterocycles. The van der Waals surface area contributed by atoms with Gasteiger partial charge in [-0.05, 0) is 25.3 Å². The lowest BCUT2D eigenvalue weighted by Gasteiger charge is -2.02. The number of unbranched alkanes of at least 4 members (excludes halogenated alkanes) is 2. The van der Waals surface area contributed by atoms with Crippen molar-refractivity contribution in [1.29, 1.82) is 0 Å². The molecule has 0 aliphatic rings. The highest BCUT2D eigenvalue weighted by atomic mass is 32.1. The molecule has 1 rings (SSSR count). The Morgan fingerprint density at radius 1 is 1.47 bits per heavy atom. The number of amides is 1. The Labute approximate surface area is 98.9 Å². The monoisotopic (exact) mass is 245 g/mol. The Morgan fingerprint density at radius 2 is 2.27 bits per heavy atom. The number of carbonyl (C=O) groups excluding carboxylic acids is 1. The molecule has 0 fully saturated rings. The molecule has 1 heterocycles. The lowest BCUT2D eigenvalue weighted by molar-refractivity contribution is 0.0957. The first kappa shape index (κ1) is 12.5. The highest BCUT2D eigenvalue weighted by molar-refractivity contribution is 7.80. The molecule has 0 unspecified atom stereocenters. The van der Waals surface area contributed by atoms with Gasteiger partial charge in [-0.15, -0.1) is 24.0 Å².